The molecule has 2 aliphatic carbocycles. The summed E-state index contributed by atoms with van der Waals surface area (Å²) < 4.78 is 10.5. The molecular weight excluding hydrogens is 851 g/mol. The van der Waals surface area contributed by atoms with Crippen LogP contribution in [0.4, 0.5) is 0 Å². The normalized spacial score (nSPS) is 17.1. The fourth-order valence-corrected chi connectivity index (χ4v) is 4.33. The van der Waals surface area contributed by atoms with Gasteiger partial charge in [-0.15, -0.1) is 0 Å². The maximum atomic E-state index is 13.3. The van der Waals surface area contributed by atoms with Crippen molar-refractivity contribution in [2.24, 2.45) is 0 Å². The zero-order chi connectivity index (χ0) is 22.0. The summed E-state index contributed by atoms with van der Waals surface area (Å²) >= 11 is 0. The van der Waals surface area contributed by atoms with Crippen molar-refractivity contribution in [3.8, 4) is 17.2 Å². The minimum Gasteiger partial charge on any atom is -0.507 e. The van der Waals surface area contributed by atoms with Crippen LogP contribution in [-0.4, -0.2) is 52.5 Å². The molecule has 17 heteroatoms. The number of hydrogen-bond acceptors (Lipinski definition) is 8. The fourth-order valence-electron chi connectivity index (χ4n) is 4.33. The number of benzene rings is 2. The second kappa shape index (κ2) is 20.8. The van der Waals surface area contributed by atoms with Gasteiger partial charge in [-0.3, -0.25) is 9.59 Å². The van der Waals surface area contributed by atoms with E-state index in [0.29, 0.717) is 0 Å². The summed E-state index contributed by atoms with van der Waals surface area (Å²) in [5, 5.41) is 32.7. The van der Waals surface area contributed by atoms with E-state index in [1.54, 1.807) is 0 Å². The Labute approximate surface area is 333 Å². The molecule has 0 heterocycles. The zero-order valence-corrected chi connectivity index (χ0v) is 32.9. The third-order valence-corrected chi connectivity index (χ3v) is 5.88. The van der Waals surface area contributed by atoms with Crippen LogP contribution in [0.2, 0.25) is 0 Å². The van der Waals surface area contributed by atoms with Crippen LogP contribution < -0.4 is 4.74 Å². The monoisotopic (exact) mass is 870 g/mol. The average Bonchev–Trinajstić information content (AvgIpc) is 2.73. The number of Topliss-reactive ketones (excluding diaryl/α,β-unsaturated/α-hetero) is 1. The molecule has 4 rings (SSSR count). The van der Waals surface area contributed by atoms with Gasteiger partial charge in [0.25, 0.3) is 0 Å². The molecule has 39 heavy (non-hydrogen) atoms. The van der Waals surface area contributed by atoms with Gasteiger partial charge in [-0.2, -0.15) is 0 Å². The molecule has 201 valence electrons. The number of ketones is 3. The maximum absolute atomic E-state index is 13.3. The van der Waals surface area contributed by atoms with Gasteiger partial charge in [0.2, 0.25) is 5.78 Å². The van der Waals surface area contributed by atoms with Crippen LogP contribution in [0.15, 0.2) is 18.2 Å². The molecule has 0 spiro atoms. The van der Waals surface area contributed by atoms with Crippen LogP contribution in [-0.2, 0) is 183 Å². The topological polar surface area (TPSA) is 130 Å². The minimum atomic E-state index is -1.95. The number of carbonyl (C=O) groups is 3. The first-order chi connectivity index (χ1) is 14.2. The summed E-state index contributed by atoms with van der Waals surface area (Å²) in [6.45, 7) is 3.27. The van der Waals surface area contributed by atoms with Crippen molar-refractivity contribution in [1.29, 1.82) is 0 Å². The molecule has 0 saturated carbocycles. The third-order valence-electron chi connectivity index (χ3n) is 5.88. The predicted molar refractivity (Wildman–Crippen MR) is 103 cm³/mol. The van der Waals surface area contributed by atoms with Gasteiger partial charge in [0.1, 0.15) is 22.8 Å². The largest absolute Gasteiger partial charge is 0.507 e. The standard InChI is InChI=1S/C22H19O8.9V/c1-9(23)22(28)7-11-15(13(8-22)30-3)21(27)17-16(19(11)25)18(24)10-5-4-6-12(29-2)14(10)20(17)26;;;;;;;;;/h4-6,13,25,27-28H,1,7-8H2,2-3H3;;;;;;;;;/q-1;;;;;;;;;/t13-,22-;;;;;;;;;/m0........./s1. The Morgan fingerprint density at radius 1 is 0.872 bits per heavy atom. The van der Waals surface area contributed by atoms with Gasteiger partial charge in [0, 0.05) is 209 Å². The van der Waals surface area contributed by atoms with Crippen LogP contribution in [0.25, 0.3) is 0 Å². The minimum absolute atomic E-state index is 0. The van der Waals surface area contributed by atoms with E-state index < -0.39 is 40.6 Å². The van der Waals surface area contributed by atoms with E-state index in [2.05, 4.69) is 6.92 Å². The number of phenols is 2. The molecule has 2 aromatic rings. The first-order valence-electron chi connectivity index (χ1n) is 9.14. The summed E-state index contributed by atoms with van der Waals surface area (Å²) in [5.74, 6) is -3.10. The number of rotatable bonds is 3. The molecule has 0 fully saturated rings. The summed E-state index contributed by atoms with van der Waals surface area (Å²) in [7, 11) is 2.65. The number of aromatic hydroxyl groups is 2. The fraction of sp³-hybridized carbons (Fsp3) is 0.273. The second-order valence-electron chi connectivity index (χ2n) is 7.44. The van der Waals surface area contributed by atoms with Gasteiger partial charge < -0.3 is 36.5 Å². The molecule has 0 bridgehead atoms. The molecule has 0 amide bonds. The molecule has 9 radical (unpaired) electrons. The van der Waals surface area contributed by atoms with Gasteiger partial charge in [-0.1, -0.05) is 12.1 Å². The number of methoxy groups -OCH3 is 2. The van der Waals surface area contributed by atoms with Gasteiger partial charge in [-0.25, -0.2) is 0 Å². The van der Waals surface area contributed by atoms with Gasteiger partial charge in [0.05, 0.1) is 29.9 Å². The summed E-state index contributed by atoms with van der Waals surface area (Å²) in [6.07, 6.45) is -1.63. The molecule has 8 nitrogen and oxygen atoms in total. The smallest absolute Gasteiger partial charge is 0.202 e. The van der Waals surface area contributed by atoms with E-state index in [-0.39, 0.29) is 219 Å². The Balaban J connectivity index is -0.000000302. The SMILES string of the molecule is [CH2-]C(=O)[C@]1(O)Cc2c(O)c3c(c(O)c2[C@@H](OC)C1)C(=O)c1c(OC)cccc1C3=O.[V].[V].[V].[V].[V].[V].[V].[V].[V]. The first-order valence-corrected chi connectivity index (χ1v) is 9.14. The number of aliphatic hydroxyl groups is 1. The van der Waals surface area contributed by atoms with Gasteiger partial charge in [0.15, 0.2) is 5.78 Å². The Kier molecular flexibility index (Phi) is 28.5. The summed E-state index contributed by atoms with van der Waals surface area (Å²) in [5.41, 5.74) is -2.66. The van der Waals surface area contributed by atoms with Crippen LogP contribution in [0.1, 0.15) is 55.5 Å². The first kappa shape index (κ1) is 53.5. The van der Waals surface area contributed by atoms with Crippen LogP contribution >= 0.6 is 0 Å². The van der Waals surface area contributed by atoms with E-state index >= 15 is 0 Å². The molecule has 0 aliphatic heterocycles. The van der Waals surface area contributed by atoms with Gasteiger partial charge >= 0.3 is 0 Å². The predicted octanol–water partition coefficient (Wildman–Crippen LogP) is 1.63. The molecular formula is C22H19O8V9-. The molecule has 2 aromatic carbocycles. The molecule has 3 N–H and O–H groups in total. The second-order valence-corrected chi connectivity index (χ2v) is 7.44. The van der Waals surface area contributed by atoms with Crippen LogP contribution in [0.3, 0.4) is 0 Å². The quantitative estimate of drug-likeness (QED) is 0.268. The number of phenolic OH excluding ortho intramolecular Hbond substituents is 2. The molecule has 2 atom stereocenters. The van der Waals surface area contributed by atoms with E-state index in [9.17, 15) is 29.7 Å². The molecule has 0 saturated heterocycles. The van der Waals surface area contributed by atoms with Crippen molar-refractivity contribution in [3.63, 3.8) is 0 Å². The summed E-state index contributed by atoms with van der Waals surface area (Å²) in [4.78, 5) is 38.4. The van der Waals surface area contributed by atoms with Crippen molar-refractivity contribution in [2.75, 3.05) is 14.2 Å². The summed E-state index contributed by atoms with van der Waals surface area (Å²) in [6, 6.07) is 4.47. The number of fused-ring (bicyclic) bond motifs is 3. The number of ether oxygens (including phenoxy) is 2. The van der Waals surface area contributed by atoms with Crippen molar-refractivity contribution >= 4 is 17.3 Å². The number of hydrogen-bond donors (Lipinski definition) is 3. The zero-order valence-electron chi connectivity index (χ0n) is 20.3. The van der Waals surface area contributed by atoms with Crippen molar-refractivity contribution in [2.45, 2.75) is 24.5 Å². The Morgan fingerprint density at radius 2 is 1.38 bits per heavy atom. The van der Waals surface area contributed by atoms with E-state index in [0.717, 1.165) is 0 Å². The third kappa shape index (κ3) is 8.98. The Bertz CT molecular complexity index is 1160. The van der Waals surface area contributed by atoms with E-state index in [1.165, 1.54) is 32.4 Å². The van der Waals surface area contributed by atoms with Crippen LogP contribution in [0.5, 0.6) is 17.2 Å². The average molecular weight is 870 g/mol. The maximum Gasteiger partial charge on any atom is 0.202 e. The van der Waals surface area contributed by atoms with Gasteiger partial charge in [-0.05, 0) is 6.07 Å². The molecule has 2 aliphatic rings. The van der Waals surface area contributed by atoms with E-state index in [4.69, 9.17) is 9.47 Å². The van der Waals surface area contributed by atoms with Crippen LogP contribution in [0, 0.1) is 6.92 Å². The Hall–Kier alpha value is 1.90. The molecule has 0 unspecified atom stereocenters. The van der Waals surface area contributed by atoms with Crippen molar-refractivity contribution < 1.29 is 206 Å². The number of carbonyl (C=O) groups excluding carboxylic acids is 3. The Morgan fingerprint density at radius 3 is 1.85 bits per heavy atom. The van der Waals surface area contributed by atoms with Crippen molar-refractivity contribution in [1.82, 2.24) is 0 Å². The van der Waals surface area contributed by atoms with Crippen molar-refractivity contribution in [3.05, 3.63) is 58.5 Å². The van der Waals surface area contributed by atoms with E-state index in [1.807, 2.05) is 0 Å². The molecule has 0 aromatic heterocycles.